The lowest BCUT2D eigenvalue weighted by Crippen LogP contribution is -2.27. The lowest BCUT2D eigenvalue weighted by Gasteiger charge is -2.14. The molecule has 0 fully saturated rings. The van der Waals surface area contributed by atoms with Crippen LogP contribution >= 0.6 is 0 Å². The van der Waals surface area contributed by atoms with Crippen LogP contribution in [0.25, 0.3) is 0 Å². The van der Waals surface area contributed by atoms with Crippen LogP contribution in [-0.4, -0.2) is 30.8 Å². The zero-order valence-electron chi connectivity index (χ0n) is 19.7. The Morgan fingerprint density at radius 1 is 0.794 bits per heavy atom. The van der Waals surface area contributed by atoms with E-state index in [1.807, 2.05) is 51.1 Å². The first kappa shape index (κ1) is 24.5. The minimum atomic E-state index is -0.304. The van der Waals surface area contributed by atoms with Crippen molar-refractivity contribution in [2.45, 2.75) is 27.3 Å². The highest BCUT2D eigenvalue weighted by Crippen LogP contribution is 2.18. The Hall–Kier alpha value is -4.13. The maximum absolute atomic E-state index is 12.7. The number of para-hydroxylation sites is 1. The molecule has 0 aliphatic carbocycles. The summed E-state index contributed by atoms with van der Waals surface area (Å²) in [6, 6.07) is 20.1. The van der Waals surface area contributed by atoms with Gasteiger partial charge in [0.25, 0.3) is 11.8 Å². The van der Waals surface area contributed by atoms with Crippen LogP contribution in [0.15, 0.2) is 66.7 Å². The number of carbonyl (C=O) groups excluding carboxylic acids is 3. The van der Waals surface area contributed by atoms with Gasteiger partial charge in [0.1, 0.15) is 0 Å². The highest BCUT2D eigenvalue weighted by molar-refractivity contribution is 6.04. The Bertz CT molecular complexity index is 1170. The largest absolute Gasteiger partial charge is 0.376 e. The van der Waals surface area contributed by atoms with Crippen molar-refractivity contribution in [2.24, 2.45) is 0 Å². The molecule has 7 heteroatoms. The standard InChI is InChI=1S/C27H30N4O3/c1-4-28-26(33)21-14-11-19(3)24(15-21)29-17-25(32)31-23-8-6-5-7-22(23)27(34)30-16-20-12-9-18(2)10-13-20/h5-15,29H,4,16-17H2,1-3H3,(H,28,33)(H,30,34)(H,31,32). The predicted molar refractivity (Wildman–Crippen MR) is 135 cm³/mol. The molecular formula is C27H30N4O3. The summed E-state index contributed by atoms with van der Waals surface area (Å²) in [6.45, 7) is 6.68. The van der Waals surface area contributed by atoms with E-state index in [-0.39, 0.29) is 24.3 Å². The Morgan fingerprint density at radius 2 is 1.53 bits per heavy atom. The van der Waals surface area contributed by atoms with Crippen LogP contribution in [0.3, 0.4) is 0 Å². The van der Waals surface area contributed by atoms with Crippen molar-refractivity contribution in [3.8, 4) is 0 Å². The highest BCUT2D eigenvalue weighted by Gasteiger charge is 2.14. The minimum absolute atomic E-state index is 0.0149. The third-order valence-corrected chi connectivity index (χ3v) is 5.30. The smallest absolute Gasteiger partial charge is 0.253 e. The van der Waals surface area contributed by atoms with Crippen LogP contribution in [0.5, 0.6) is 0 Å². The molecule has 0 aliphatic rings. The molecule has 3 aromatic carbocycles. The predicted octanol–water partition coefficient (Wildman–Crippen LogP) is 4.03. The van der Waals surface area contributed by atoms with Gasteiger partial charge in [-0.2, -0.15) is 0 Å². The Labute approximate surface area is 200 Å². The van der Waals surface area contributed by atoms with E-state index in [1.165, 1.54) is 0 Å². The second-order valence-electron chi connectivity index (χ2n) is 8.00. The number of rotatable bonds is 9. The molecule has 0 saturated carbocycles. The number of nitrogens with one attached hydrogen (secondary N) is 4. The van der Waals surface area contributed by atoms with Crippen molar-refractivity contribution in [1.82, 2.24) is 10.6 Å². The first-order chi connectivity index (χ1) is 16.4. The summed E-state index contributed by atoms with van der Waals surface area (Å²) in [5, 5.41) is 11.5. The Balaban J connectivity index is 1.61. The topological polar surface area (TPSA) is 99.3 Å². The van der Waals surface area contributed by atoms with Crippen LogP contribution in [0.4, 0.5) is 11.4 Å². The lowest BCUT2D eigenvalue weighted by atomic mass is 10.1. The molecule has 34 heavy (non-hydrogen) atoms. The molecule has 0 heterocycles. The molecule has 0 aromatic heterocycles. The summed E-state index contributed by atoms with van der Waals surface area (Å²) in [6.07, 6.45) is 0. The van der Waals surface area contributed by atoms with Crippen molar-refractivity contribution < 1.29 is 14.4 Å². The quantitative estimate of drug-likeness (QED) is 0.389. The van der Waals surface area contributed by atoms with Crippen LogP contribution in [0.2, 0.25) is 0 Å². The summed E-state index contributed by atoms with van der Waals surface area (Å²) in [4.78, 5) is 37.5. The zero-order chi connectivity index (χ0) is 24.5. The second kappa shape index (κ2) is 11.7. The van der Waals surface area contributed by atoms with Gasteiger partial charge in [-0.1, -0.05) is 48.0 Å². The normalized spacial score (nSPS) is 10.3. The SMILES string of the molecule is CCNC(=O)c1ccc(C)c(NCC(=O)Nc2ccccc2C(=O)NCc2ccc(C)cc2)c1. The van der Waals surface area contributed by atoms with Gasteiger partial charge in [-0.15, -0.1) is 0 Å². The van der Waals surface area contributed by atoms with Crippen molar-refractivity contribution in [2.75, 3.05) is 23.7 Å². The summed E-state index contributed by atoms with van der Waals surface area (Å²) in [7, 11) is 0. The van der Waals surface area contributed by atoms with Gasteiger partial charge in [0.15, 0.2) is 0 Å². The van der Waals surface area contributed by atoms with E-state index in [0.717, 1.165) is 16.7 Å². The molecule has 0 bridgehead atoms. The van der Waals surface area contributed by atoms with E-state index in [0.29, 0.717) is 35.6 Å². The monoisotopic (exact) mass is 458 g/mol. The number of amides is 3. The van der Waals surface area contributed by atoms with Crippen molar-refractivity contribution in [1.29, 1.82) is 0 Å². The molecule has 3 amide bonds. The Kier molecular flexibility index (Phi) is 8.40. The van der Waals surface area contributed by atoms with Gasteiger partial charge in [0, 0.05) is 24.3 Å². The fourth-order valence-electron chi connectivity index (χ4n) is 3.36. The molecule has 0 unspecified atom stereocenters. The average Bonchev–Trinajstić information content (AvgIpc) is 2.83. The fourth-order valence-corrected chi connectivity index (χ4v) is 3.36. The fraction of sp³-hybridized carbons (Fsp3) is 0.222. The first-order valence-electron chi connectivity index (χ1n) is 11.2. The Morgan fingerprint density at radius 3 is 2.26 bits per heavy atom. The van der Waals surface area contributed by atoms with Crippen LogP contribution in [0.1, 0.15) is 44.3 Å². The van der Waals surface area contributed by atoms with Crippen LogP contribution in [0, 0.1) is 13.8 Å². The molecule has 0 saturated heterocycles. The summed E-state index contributed by atoms with van der Waals surface area (Å²) >= 11 is 0. The van der Waals surface area contributed by atoms with E-state index in [9.17, 15) is 14.4 Å². The van der Waals surface area contributed by atoms with E-state index >= 15 is 0 Å². The number of anilines is 2. The number of hydrogen-bond acceptors (Lipinski definition) is 4. The molecule has 0 radical (unpaired) electrons. The maximum Gasteiger partial charge on any atom is 0.253 e. The molecule has 3 rings (SSSR count). The summed E-state index contributed by atoms with van der Waals surface area (Å²) in [5.41, 5.74) is 5.10. The van der Waals surface area contributed by atoms with Gasteiger partial charge in [0.2, 0.25) is 5.91 Å². The van der Waals surface area contributed by atoms with Crippen molar-refractivity contribution in [3.63, 3.8) is 0 Å². The maximum atomic E-state index is 12.7. The lowest BCUT2D eigenvalue weighted by molar-refractivity contribution is -0.114. The van der Waals surface area contributed by atoms with Crippen LogP contribution < -0.4 is 21.3 Å². The van der Waals surface area contributed by atoms with Crippen molar-refractivity contribution >= 4 is 29.1 Å². The summed E-state index contributed by atoms with van der Waals surface area (Å²) in [5.74, 6) is -0.739. The first-order valence-corrected chi connectivity index (χ1v) is 11.2. The van der Waals surface area contributed by atoms with Gasteiger partial charge in [-0.3, -0.25) is 14.4 Å². The number of benzene rings is 3. The molecular weight excluding hydrogens is 428 g/mol. The summed E-state index contributed by atoms with van der Waals surface area (Å²) < 4.78 is 0. The third kappa shape index (κ3) is 6.68. The van der Waals surface area contributed by atoms with E-state index < -0.39 is 0 Å². The molecule has 3 aromatic rings. The molecule has 0 atom stereocenters. The second-order valence-corrected chi connectivity index (χ2v) is 8.00. The molecule has 4 N–H and O–H groups in total. The molecule has 0 spiro atoms. The average molecular weight is 459 g/mol. The van der Waals surface area contributed by atoms with E-state index in [1.54, 1.807) is 36.4 Å². The number of hydrogen-bond donors (Lipinski definition) is 4. The van der Waals surface area contributed by atoms with Gasteiger partial charge >= 0.3 is 0 Å². The molecule has 176 valence electrons. The van der Waals surface area contributed by atoms with E-state index in [4.69, 9.17) is 0 Å². The minimum Gasteiger partial charge on any atom is -0.376 e. The van der Waals surface area contributed by atoms with Crippen LogP contribution in [-0.2, 0) is 11.3 Å². The van der Waals surface area contributed by atoms with Gasteiger partial charge in [0.05, 0.1) is 17.8 Å². The number of aryl methyl sites for hydroxylation is 2. The third-order valence-electron chi connectivity index (χ3n) is 5.30. The highest BCUT2D eigenvalue weighted by atomic mass is 16.2. The van der Waals surface area contributed by atoms with Crippen molar-refractivity contribution in [3.05, 3.63) is 94.5 Å². The van der Waals surface area contributed by atoms with Gasteiger partial charge in [-0.25, -0.2) is 0 Å². The van der Waals surface area contributed by atoms with E-state index in [2.05, 4.69) is 21.3 Å². The van der Waals surface area contributed by atoms with Gasteiger partial charge in [-0.05, 0) is 56.2 Å². The molecule has 0 aliphatic heterocycles. The zero-order valence-corrected chi connectivity index (χ0v) is 19.7. The molecule has 7 nitrogen and oxygen atoms in total. The van der Waals surface area contributed by atoms with Gasteiger partial charge < -0.3 is 21.3 Å². The number of carbonyl (C=O) groups is 3.